The standard InChI is InChI=1S/C22H23FN2O5/c1-13-11-15(20-14(2)21(23)25(3)24-20)9-10-17(13)29-12-16-18(27-4)7-6-8-19(16)30-22(26)28-5/h6-11H,12H2,1-5H3. The van der Waals surface area contributed by atoms with Crippen molar-refractivity contribution in [1.29, 1.82) is 0 Å². The highest BCUT2D eigenvalue weighted by atomic mass is 19.1. The molecule has 0 aliphatic heterocycles. The Morgan fingerprint density at radius 3 is 2.43 bits per heavy atom. The summed E-state index contributed by atoms with van der Waals surface area (Å²) in [7, 11) is 4.32. The topological polar surface area (TPSA) is 71.8 Å². The second kappa shape index (κ2) is 8.86. The van der Waals surface area contributed by atoms with Crippen LogP contribution >= 0.6 is 0 Å². The van der Waals surface area contributed by atoms with E-state index >= 15 is 0 Å². The largest absolute Gasteiger partial charge is 0.513 e. The predicted octanol–water partition coefficient (Wildman–Crippen LogP) is 4.58. The number of methoxy groups -OCH3 is 2. The molecule has 7 nitrogen and oxygen atoms in total. The van der Waals surface area contributed by atoms with Crippen LogP contribution in [0.15, 0.2) is 36.4 Å². The smallest absolute Gasteiger partial charge is 0.496 e. The summed E-state index contributed by atoms with van der Waals surface area (Å²) in [6, 6.07) is 10.6. The fourth-order valence-corrected chi connectivity index (χ4v) is 3.10. The second-order valence-electron chi connectivity index (χ2n) is 6.65. The second-order valence-corrected chi connectivity index (χ2v) is 6.65. The molecule has 8 heteroatoms. The molecule has 1 aromatic heterocycles. The highest BCUT2D eigenvalue weighted by molar-refractivity contribution is 5.66. The summed E-state index contributed by atoms with van der Waals surface area (Å²) >= 11 is 0. The molecule has 0 saturated heterocycles. The number of aryl methyl sites for hydroxylation is 2. The van der Waals surface area contributed by atoms with Gasteiger partial charge in [-0.25, -0.2) is 9.48 Å². The van der Waals surface area contributed by atoms with Crippen LogP contribution in [0.4, 0.5) is 9.18 Å². The summed E-state index contributed by atoms with van der Waals surface area (Å²) in [6.07, 6.45) is -0.831. The van der Waals surface area contributed by atoms with Crippen LogP contribution < -0.4 is 14.2 Å². The lowest BCUT2D eigenvalue weighted by Crippen LogP contribution is -2.10. The molecule has 0 aliphatic rings. The van der Waals surface area contributed by atoms with Gasteiger partial charge in [0, 0.05) is 18.2 Å². The Labute approximate surface area is 173 Å². The van der Waals surface area contributed by atoms with Gasteiger partial charge in [-0.2, -0.15) is 9.49 Å². The number of hydrogen-bond donors (Lipinski definition) is 0. The lowest BCUT2D eigenvalue weighted by molar-refractivity contribution is 0.120. The Kier molecular flexibility index (Phi) is 6.25. The first-order valence-electron chi connectivity index (χ1n) is 9.20. The number of hydrogen-bond acceptors (Lipinski definition) is 6. The van der Waals surface area contributed by atoms with Crippen molar-refractivity contribution in [3.8, 4) is 28.5 Å². The predicted molar refractivity (Wildman–Crippen MR) is 108 cm³/mol. The van der Waals surface area contributed by atoms with Gasteiger partial charge < -0.3 is 18.9 Å². The van der Waals surface area contributed by atoms with E-state index in [0.29, 0.717) is 28.3 Å². The average Bonchev–Trinajstić information content (AvgIpc) is 3.00. The normalized spacial score (nSPS) is 10.6. The SMILES string of the molecule is COC(=O)Oc1cccc(OC)c1COc1ccc(-c2nn(C)c(F)c2C)cc1C. The molecule has 158 valence electrons. The van der Waals surface area contributed by atoms with Crippen molar-refractivity contribution < 1.29 is 28.1 Å². The Hall–Kier alpha value is -3.55. The fourth-order valence-electron chi connectivity index (χ4n) is 3.10. The maximum Gasteiger partial charge on any atom is 0.513 e. The number of carbonyl (C=O) groups is 1. The van der Waals surface area contributed by atoms with Crippen LogP contribution in [0.25, 0.3) is 11.3 Å². The fraction of sp³-hybridized carbons (Fsp3) is 0.273. The van der Waals surface area contributed by atoms with Crippen molar-refractivity contribution >= 4 is 6.16 Å². The molecule has 0 aliphatic carbocycles. The molecule has 0 spiro atoms. The maximum absolute atomic E-state index is 14.0. The third-order valence-electron chi connectivity index (χ3n) is 4.69. The average molecular weight is 414 g/mol. The van der Waals surface area contributed by atoms with Gasteiger partial charge in [0.05, 0.1) is 25.5 Å². The summed E-state index contributed by atoms with van der Waals surface area (Å²) < 4.78 is 36.3. The molecule has 2 aromatic carbocycles. The highest BCUT2D eigenvalue weighted by Gasteiger charge is 2.17. The zero-order valence-corrected chi connectivity index (χ0v) is 17.5. The third kappa shape index (κ3) is 4.22. The van der Waals surface area contributed by atoms with Crippen LogP contribution in [0.1, 0.15) is 16.7 Å². The summed E-state index contributed by atoms with van der Waals surface area (Å²) in [4.78, 5) is 11.5. The van der Waals surface area contributed by atoms with E-state index in [1.807, 2.05) is 19.1 Å². The van der Waals surface area contributed by atoms with Gasteiger partial charge in [0.2, 0.25) is 5.95 Å². The summed E-state index contributed by atoms with van der Waals surface area (Å²) in [5.74, 6) is 1.07. The minimum atomic E-state index is -0.831. The molecule has 0 unspecified atom stereocenters. The Balaban J connectivity index is 1.84. The van der Waals surface area contributed by atoms with Crippen molar-refractivity contribution in [2.45, 2.75) is 20.5 Å². The minimum absolute atomic E-state index is 0.105. The van der Waals surface area contributed by atoms with E-state index in [1.54, 1.807) is 38.2 Å². The van der Waals surface area contributed by atoms with Gasteiger partial charge in [-0.1, -0.05) is 6.07 Å². The van der Waals surface area contributed by atoms with Crippen molar-refractivity contribution in [1.82, 2.24) is 9.78 Å². The monoisotopic (exact) mass is 414 g/mol. The molecule has 0 bridgehead atoms. The zero-order chi connectivity index (χ0) is 21.8. The first-order chi connectivity index (χ1) is 14.3. The first kappa shape index (κ1) is 21.2. The van der Waals surface area contributed by atoms with E-state index in [-0.39, 0.29) is 18.3 Å². The van der Waals surface area contributed by atoms with E-state index in [4.69, 9.17) is 14.2 Å². The summed E-state index contributed by atoms with van der Waals surface area (Å²) in [5, 5.41) is 4.24. The molecule has 3 aromatic rings. The summed E-state index contributed by atoms with van der Waals surface area (Å²) in [6.45, 7) is 3.69. The molecule has 3 rings (SSSR count). The van der Waals surface area contributed by atoms with E-state index in [2.05, 4.69) is 9.84 Å². The molecule has 0 N–H and O–H groups in total. The molecule has 0 saturated carbocycles. The number of halogens is 1. The number of nitrogens with zero attached hydrogens (tertiary/aromatic N) is 2. The van der Waals surface area contributed by atoms with Crippen molar-refractivity contribution in [3.63, 3.8) is 0 Å². The number of aromatic nitrogens is 2. The lowest BCUT2D eigenvalue weighted by atomic mass is 10.1. The van der Waals surface area contributed by atoms with Gasteiger partial charge in [-0.05, 0) is 49.7 Å². The number of carbonyl (C=O) groups excluding carboxylic acids is 1. The molecule has 1 heterocycles. The molecule has 0 radical (unpaired) electrons. The Morgan fingerprint density at radius 1 is 1.10 bits per heavy atom. The van der Waals surface area contributed by atoms with Crippen LogP contribution in [-0.2, 0) is 18.4 Å². The van der Waals surface area contributed by atoms with Crippen LogP contribution in [0.5, 0.6) is 17.2 Å². The van der Waals surface area contributed by atoms with Crippen LogP contribution in [0.3, 0.4) is 0 Å². The molecular formula is C22H23FN2O5. The van der Waals surface area contributed by atoms with Gasteiger partial charge in [0.15, 0.2) is 0 Å². The van der Waals surface area contributed by atoms with Gasteiger partial charge in [0.1, 0.15) is 23.9 Å². The zero-order valence-electron chi connectivity index (χ0n) is 17.5. The van der Waals surface area contributed by atoms with Crippen molar-refractivity contribution in [2.24, 2.45) is 7.05 Å². The van der Waals surface area contributed by atoms with E-state index in [1.165, 1.54) is 18.9 Å². The molecule has 0 fully saturated rings. The number of ether oxygens (including phenoxy) is 4. The van der Waals surface area contributed by atoms with Gasteiger partial charge in [-0.3, -0.25) is 0 Å². The first-order valence-corrected chi connectivity index (χ1v) is 9.20. The third-order valence-corrected chi connectivity index (χ3v) is 4.69. The van der Waals surface area contributed by atoms with Crippen LogP contribution in [-0.4, -0.2) is 30.2 Å². The quantitative estimate of drug-likeness (QED) is 0.434. The minimum Gasteiger partial charge on any atom is -0.496 e. The molecule has 30 heavy (non-hydrogen) atoms. The van der Waals surface area contributed by atoms with Gasteiger partial charge >= 0.3 is 6.16 Å². The Morgan fingerprint density at radius 2 is 1.83 bits per heavy atom. The van der Waals surface area contributed by atoms with Crippen molar-refractivity contribution in [3.05, 3.63) is 59.0 Å². The number of benzene rings is 2. The van der Waals surface area contributed by atoms with Gasteiger partial charge in [-0.15, -0.1) is 0 Å². The van der Waals surface area contributed by atoms with E-state index < -0.39 is 6.16 Å². The molecular weight excluding hydrogens is 391 g/mol. The highest BCUT2D eigenvalue weighted by Crippen LogP contribution is 2.32. The van der Waals surface area contributed by atoms with Gasteiger partial charge in [0.25, 0.3) is 0 Å². The lowest BCUT2D eigenvalue weighted by Gasteiger charge is -2.15. The van der Waals surface area contributed by atoms with Crippen LogP contribution in [0.2, 0.25) is 0 Å². The number of rotatable bonds is 6. The summed E-state index contributed by atoms with van der Waals surface area (Å²) in [5.41, 5.74) is 3.29. The van der Waals surface area contributed by atoms with Crippen LogP contribution in [0, 0.1) is 19.8 Å². The molecule has 0 amide bonds. The Bertz CT molecular complexity index is 1080. The van der Waals surface area contributed by atoms with Crippen molar-refractivity contribution in [2.75, 3.05) is 14.2 Å². The van der Waals surface area contributed by atoms with E-state index in [0.717, 1.165) is 11.1 Å². The maximum atomic E-state index is 14.0. The molecule has 0 atom stereocenters. The van der Waals surface area contributed by atoms with E-state index in [9.17, 15) is 9.18 Å².